The first-order valence-electron chi connectivity index (χ1n) is 8.46. The van der Waals surface area contributed by atoms with Crippen molar-refractivity contribution in [2.75, 3.05) is 13.1 Å². The van der Waals surface area contributed by atoms with Gasteiger partial charge in [-0.15, -0.1) is 0 Å². The van der Waals surface area contributed by atoms with E-state index in [2.05, 4.69) is 31.1 Å². The molecule has 0 unspecified atom stereocenters. The van der Waals surface area contributed by atoms with Gasteiger partial charge < -0.3 is 9.64 Å². The monoisotopic (exact) mass is 327 g/mol. The average molecular weight is 327 g/mol. The summed E-state index contributed by atoms with van der Waals surface area (Å²) in [6.07, 6.45) is -0.0705. The van der Waals surface area contributed by atoms with Gasteiger partial charge in [0.05, 0.1) is 12.6 Å². The molecule has 0 aliphatic carbocycles. The topological polar surface area (TPSA) is 47.4 Å². The standard InChI is InChI=1S/C19H25N3O2/c1-13(2)17-11-22(19(23)16-10-14(3)21(4)20-16)12-18(24-17)15-8-6-5-7-9-15/h5-10,13,17-18H,11-12H2,1-4H3/t17-,18+/m1/s1. The van der Waals surface area contributed by atoms with Gasteiger partial charge in [-0.05, 0) is 24.5 Å². The maximum absolute atomic E-state index is 12.9. The van der Waals surface area contributed by atoms with Gasteiger partial charge in [-0.1, -0.05) is 44.2 Å². The predicted molar refractivity (Wildman–Crippen MR) is 92.7 cm³/mol. The lowest BCUT2D eigenvalue weighted by Crippen LogP contribution is -2.48. The van der Waals surface area contributed by atoms with Crippen LogP contribution in [0.15, 0.2) is 36.4 Å². The van der Waals surface area contributed by atoms with Crippen LogP contribution in [0.5, 0.6) is 0 Å². The summed E-state index contributed by atoms with van der Waals surface area (Å²) in [5.74, 6) is 0.325. The van der Waals surface area contributed by atoms with E-state index in [1.54, 1.807) is 4.68 Å². The Hall–Kier alpha value is -2.14. The van der Waals surface area contributed by atoms with Crippen LogP contribution in [-0.4, -0.2) is 39.8 Å². The Bertz CT molecular complexity index is 689. The molecule has 0 spiro atoms. The Kier molecular flexibility index (Phi) is 4.71. The van der Waals surface area contributed by atoms with Gasteiger partial charge in [0.2, 0.25) is 0 Å². The molecule has 1 amide bonds. The van der Waals surface area contributed by atoms with Crippen molar-refractivity contribution < 1.29 is 9.53 Å². The number of nitrogens with zero attached hydrogens (tertiary/aromatic N) is 3. The Morgan fingerprint density at radius 2 is 1.96 bits per heavy atom. The molecule has 0 saturated carbocycles. The fourth-order valence-electron chi connectivity index (χ4n) is 3.00. The lowest BCUT2D eigenvalue weighted by Gasteiger charge is -2.39. The van der Waals surface area contributed by atoms with Crippen molar-refractivity contribution in [3.05, 3.63) is 53.3 Å². The Balaban J connectivity index is 1.85. The third kappa shape index (κ3) is 3.36. The van der Waals surface area contributed by atoms with Gasteiger partial charge in [0, 0.05) is 19.3 Å². The van der Waals surface area contributed by atoms with Gasteiger partial charge in [-0.3, -0.25) is 9.48 Å². The zero-order valence-corrected chi connectivity index (χ0v) is 14.8. The van der Waals surface area contributed by atoms with E-state index in [1.807, 2.05) is 43.1 Å². The molecule has 1 saturated heterocycles. The van der Waals surface area contributed by atoms with Crippen molar-refractivity contribution in [2.24, 2.45) is 13.0 Å². The molecule has 0 radical (unpaired) electrons. The molecule has 1 aliphatic heterocycles. The van der Waals surface area contributed by atoms with E-state index in [0.717, 1.165) is 11.3 Å². The molecule has 5 heteroatoms. The maximum Gasteiger partial charge on any atom is 0.274 e. The lowest BCUT2D eigenvalue weighted by molar-refractivity contribution is -0.0955. The molecule has 2 aromatic rings. The molecule has 1 aliphatic rings. The van der Waals surface area contributed by atoms with Crippen LogP contribution in [0.1, 0.15) is 41.7 Å². The molecule has 0 N–H and O–H groups in total. The van der Waals surface area contributed by atoms with Crippen LogP contribution in [0.25, 0.3) is 0 Å². The number of carbonyl (C=O) groups excluding carboxylic acids is 1. The summed E-state index contributed by atoms with van der Waals surface area (Å²) in [5.41, 5.74) is 2.59. The third-order valence-electron chi connectivity index (χ3n) is 4.66. The molecule has 1 aromatic carbocycles. The molecule has 5 nitrogen and oxygen atoms in total. The van der Waals surface area contributed by atoms with Gasteiger partial charge in [-0.2, -0.15) is 5.10 Å². The van der Waals surface area contributed by atoms with Crippen LogP contribution < -0.4 is 0 Å². The minimum absolute atomic E-state index is 0.0198. The number of benzene rings is 1. The van der Waals surface area contributed by atoms with Gasteiger partial charge in [0.15, 0.2) is 5.69 Å². The number of hydrogen-bond donors (Lipinski definition) is 0. The minimum Gasteiger partial charge on any atom is -0.366 e. The largest absolute Gasteiger partial charge is 0.366 e. The van der Waals surface area contributed by atoms with E-state index in [1.165, 1.54) is 0 Å². The number of aryl methyl sites for hydroxylation is 2. The second-order valence-corrected chi connectivity index (χ2v) is 6.82. The first-order chi connectivity index (χ1) is 11.5. The molecule has 2 heterocycles. The van der Waals surface area contributed by atoms with Crippen molar-refractivity contribution in [1.82, 2.24) is 14.7 Å². The van der Waals surface area contributed by atoms with Crippen LogP contribution in [0, 0.1) is 12.8 Å². The van der Waals surface area contributed by atoms with Crippen LogP contribution >= 0.6 is 0 Å². The molecule has 1 aromatic heterocycles. The summed E-state index contributed by atoms with van der Waals surface area (Å²) in [6.45, 7) is 7.38. The summed E-state index contributed by atoms with van der Waals surface area (Å²) in [5, 5.41) is 4.34. The summed E-state index contributed by atoms with van der Waals surface area (Å²) < 4.78 is 8.00. The highest BCUT2D eigenvalue weighted by Gasteiger charge is 2.34. The van der Waals surface area contributed by atoms with Crippen molar-refractivity contribution in [3.8, 4) is 0 Å². The number of carbonyl (C=O) groups is 1. The van der Waals surface area contributed by atoms with E-state index in [9.17, 15) is 4.79 Å². The van der Waals surface area contributed by atoms with Crippen LogP contribution in [0.3, 0.4) is 0 Å². The first kappa shape index (κ1) is 16.7. The molecule has 24 heavy (non-hydrogen) atoms. The number of hydrogen-bond acceptors (Lipinski definition) is 3. The second kappa shape index (κ2) is 6.77. The molecule has 0 bridgehead atoms. The fraction of sp³-hybridized carbons (Fsp3) is 0.474. The zero-order valence-electron chi connectivity index (χ0n) is 14.8. The smallest absolute Gasteiger partial charge is 0.274 e. The van der Waals surface area contributed by atoms with E-state index >= 15 is 0 Å². The van der Waals surface area contributed by atoms with E-state index < -0.39 is 0 Å². The minimum atomic E-state index is -0.0962. The summed E-state index contributed by atoms with van der Waals surface area (Å²) in [6, 6.07) is 12.0. The number of morpholine rings is 1. The molecule has 128 valence electrons. The fourth-order valence-corrected chi connectivity index (χ4v) is 3.00. The quantitative estimate of drug-likeness (QED) is 0.871. The second-order valence-electron chi connectivity index (χ2n) is 6.82. The predicted octanol–water partition coefficient (Wildman–Crippen LogP) is 2.97. The van der Waals surface area contributed by atoms with Gasteiger partial charge >= 0.3 is 0 Å². The average Bonchev–Trinajstić information content (AvgIpc) is 2.93. The highest BCUT2D eigenvalue weighted by molar-refractivity contribution is 5.92. The van der Waals surface area contributed by atoms with Crippen molar-refractivity contribution in [1.29, 1.82) is 0 Å². The first-order valence-corrected chi connectivity index (χ1v) is 8.46. The molecule has 2 atom stereocenters. The summed E-state index contributed by atoms with van der Waals surface area (Å²) >= 11 is 0. The number of rotatable bonds is 3. The normalized spacial score (nSPS) is 21.3. The third-order valence-corrected chi connectivity index (χ3v) is 4.66. The SMILES string of the molecule is Cc1cc(C(=O)N2C[C@@H](c3ccccc3)O[C@@H](C(C)C)C2)nn1C. The molecule has 1 fully saturated rings. The Morgan fingerprint density at radius 3 is 2.54 bits per heavy atom. The van der Waals surface area contributed by atoms with Crippen LogP contribution in [0.2, 0.25) is 0 Å². The zero-order chi connectivity index (χ0) is 17.3. The molecular weight excluding hydrogens is 302 g/mol. The Morgan fingerprint density at radius 1 is 1.25 bits per heavy atom. The Labute approximate surface area is 143 Å². The number of ether oxygens (including phenoxy) is 1. The lowest BCUT2D eigenvalue weighted by atomic mass is 10.0. The van der Waals surface area contributed by atoms with Crippen molar-refractivity contribution >= 4 is 5.91 Å². The van der Waals surface area contributed by atoms with E-state index in [4.69, 9.17) is 4.74 Å². The number of aromatic nitrogens is 2. The van der Waals surface area contributed by atoms with Crippen LogP contribution in [-0.2, 0) is 11.8 Å². The summed E-state index contributed by atoms with van der Waals surface area (Å²) in [4.78, 5) is 14.8. The van der Waals surface area contributed by atoms with Gasteiger partial charge in [0.25, 0.3) is 5.91 Å². The van der Waals surface area contributed by atoms with E-state index in [-0.39, 0.29) is 18.1 Å². The van der Waals surface area contributed by atoms with Crippen molar-refractivity contribution in [2.45, 2.75) is 33.0 Å². The van der Waals surface area contributed by atoms with Crippen molar-refractivity contribution in [3.63, 3.8) is 0 Å². The van der Waals surface area contributed by atoms with E-state index in [0.29, 0.717) is 24.7 Å². The van der Waals surface area contributed by atoms with Gasteiger partial charge in [0.1, 0.15) is 6.10 Å². The highest BCUT2D eigenvalue weighted by Crippen LogP contribution is 2.28. The van der Waals surface area contributed by atoms with Crippen LogP contribution in [0.4, 0.5) is 0 Å². The molecule has 3 rings (SSSR count). The number of amides is 1. The molecular formula is C19H25N3O2. The van der Waals surface area contributed by atoms with Gasteiger partial charge in [-0.25, -0.2) is 0 Å². The summed E-state index contributed by atoms with van der Waals surface area (Å²) in [7, 11) is 1.86. The maximum atomic E-state index is 12.9. The highest BCUT2D eigenvalue weighted by atomic mass is 16.5.